The van der Waals surface area contributed by atoms with E-state index in [1.807, 2.05) is 0 Å². The molecule has 0 spiro atoms. The van der Waals surface area contributed by atoms with Crippen molar-refractivity contribution in [3.05, 3.63) is 64.1 Å². The maximum Gasteiger partial charge on any atom is 0.335 e. The molecule has 28 heavy (non-hydrogen) atoms. The molecule has 4 amide bonds. The van der Waals surface area contributed by atoms with E-state index in [1.165, 1.54) is 18.2 Å². The first-order valence-electron chi connectivity index (χ1n) is 7.95. The Bertz CT molecular complexity index is 1000. The van der Waals surface area contributed by atoms with Gasteiger partial charge < -0.3 is 14.6 Å². The molecule has 1 aliphatic heterocycles. The highest BCUT2D eigenvalue weighted by molar-refractivity contribution is 9.10. The summed E-state index contributed by atoms with van der Waals surface area (Å²) >= 11 is 3.23. The Morgan fingerprint density at radius 3 is 2.50 bits per heavy atom. The van der Waals surface area contributed by atoms with E-state index < -0.39 is 30.4 Å². The van der Waals surface area contributed by atoms with Gasteiger partial charge in [-0.25, -0.2) is 9.69 Å². The Morgan fingerprint density at radius 2 is 1.86 bits per heavy atom. The number of nitrogens with zero attached hydrogens (tertiary/aromatic N) is 1. The quantitative estimate of drug-likeness (QED) is 0.548. The minimum atomic E-state index is -1.37. The van der Waals surface area contributed by atoms with Crippen LogP contribution in [0.4, 0.5) is 10.5 Å². The highest BCUT2D eigenvalue weighted by atomic mass is 79.9. The van der Waals surface area contributed by atoms with Gasteiger partial charge >= 0.3 is 6.03 Å². The molecule has 0 aromatic heterocycles. The van der Waals surface area contributed by atoms with Crippen molar-refractivity contribution in [1.29, 1.82) is 0 Å². The minimum Gasteiger partial charge on any atom is -0.546 e. The minimum absolute atomic E-state index is 0.223. The highest BCUT2D eigenvalue weighted by Gasteiger charge is 2.36. The van der Waals surface area contributed by atoms with Crippen molar-refractivity contribution in [3.8, 4) is 5.75 Å². The van der Waals surface area contributed by atoms with Crippen LogP contribution >= 0.6 is 15.9 Å². The average molecular weight is 444 g/mol. The van der Waals surface area contributed by atoms with Crippen LogP contribution in [-0.2, 0) is 14.4 Å². The molecule has 0 aliphatic carbocycles. The normalized spacial score (nSPS) is 15.5. The molecule has 1 N–H and O–H groups in total. The van der Waals surface area contributed by atoms with Gasteiger partial charge in [0.2, 0.25) is 0 Å². The van der Waals surface area contributed by atoms with Crippen LogP contribution in [0.2, 0.25) is 0 Å². The number of carboxylic acids is 1. The van der Waals surface area contributed by atoms with Crippen LogP contribution in [-0.4, -0.2) is 30.4 Å². The first kappa shape index (κ1) is 19.3. The predicted octanol–water partition coefficient (Wildman–Crippen LogP) is 1.24. The molecule has 2 aromatic rings. The number of hydrogen-bond acceptors (Lipinski definition) is 6. The first-order chi connectivity index (χ1) is 13.4. The van der Waals surface area contributed by atoms with E-state index in [2.05, 4.69) is 21.2 Å². The zero-order chi connectivity index (χ0) is 20.3. The van der Waals surface area contributed by atoms with Crippen LogP contribution in [0.5, 0.6) is 5.75 Å². The third-order valence-electron chi connectivity index (χ3n) is 3.73. The largest absolute Gasteiger partial charge is 0.546 e. The molecule has 0 saturated carbocycles. The summed E-state index contributed by atoms with van der Waals surface area (Å²) in [6.07, 6.45) is 1.33. The summed E-state index contributed by atoms with van der Waals surface area (Å²) in [5.74, 6) is -2.68. The van der Waals surface area contributed by atoms with Gasteiger partial charge in [-0.1, -0.05) is 24.3 Å². The zero-order valence-corrected chi connectivity index (χ0v) is 15.8. The van der Waals surface area contributed by atoms with Gasteiger partial charge in [-0.3, -0.25) is 14.9 Å². The number of halogens is 1. The molecule has 1 aliphatic rings. The van der Waals surface area contributed by atoms with Gasteiger partial charge in [-0.2, -0.15) is 0 Å². The summed E-state index contributed by atoms with van der Waals surface area (Å²) in [5, 5.41) is 12.6. The number of hydrogen-bond donors (Lipinski definition) is 1. The van der Waals surface area contributed by atoms with Crippen LogP contribution in [0, 0.1) is 0 Å². The number of benzene rings is 2. The molecule has 0 unspecified atom stereocenters. The Kier molecular flexibility index (Phi) is 5.55. The maximum absolute atomic E-state index is 12.7. The molecular weight excluding hydrogens is 432 g/mol. The van der Waals surface area contributed by atoms with E-state index >= 15 is 0 Å². The number of aliphatic carboxylic acids is 1. The zero-order valence-electron chi connectivity index (χ0n) is 14.2. The summed E-state index contributed by atoms with van der Waals surface area (Å²) < 4.78 is 5.46. The SMILES string of the molecule is O=C([O-])COc1ccc(/C=C2/C(=O)NC(=O)N(c3ccccc3)C2=O)cc1Br. The first-order valence-corrected chi connectivity index (χ1v) is 8.75. The van der Waals surface area contributed by atoms with Crippen LogP contribution in [0.15, 0.2) is 58.6 Å². The number of carbonyl (C=O) groups excluding carboxylic acids is 4. The van der Waals surface area contributed by atoms with Crippen molar-refractivity contribution in [1.82, 2.24) is 5.32 Å². The second-order valence-electron chi connectivity index (χ2n) is 5.64. The Morgan fingerprint density at radius 1 is 1.14 bits per heavy atom. The number of nitrogens with one attached hydrogen (secondary N) is 1. The van der Waals surface area contributed by atoms with Crippen molar-refractivity contribution in [2.45, 2.75) is 0 Å². The number of carboxylic acid groups (broad SMARTS) is 1. The second-order valence-corrected chi connectivity index (χ2v) is 6.50. The number of ether oxygens (including phenoxy) is 1. The number of carbonyl (C=O) groups is 4. The molecule has 1 fully saturated rings. The van der Waals surface area contributed by atoms with E-state index in [0.717, 1.165) is 4.90 Å². The van der Waals surface area contributed by atoms with Gasteiger partial charge in [0, 0.05) is 0 Å². The lowest BCUT2D eigenvalue weighted by Gasteiger charge is -2.26. The molecule has 8 nitrogen and oxygen atoms in total. The van der Waals surface area contributed by atoms with Crippen molar-refractivity contribution in [3.63, 3.8) is 0 Å². The summed E-state index contributed by atoms with van der Waals surface area (Å²) in [6, 6.07) is 11.9. The molecule has 9 heteroatoms. The van der Waals surface area contributed by atoms with Gasteiger partial charge in [0.15, 0.2) is 0 Å². The molecular formula is C19H12BrN2O6-. The molecule has 0 radical (unpaired) electrons. The summed E-state index contributed by atoms with van der Waals surface area (Å²) in [7, 11) is 0. The van der Waals surface area contributed by atoms with E-state index in [-0.39, 0.29) is 11.3 Å². The predicted molar refractivity (Wildman–Crippen MR) is 100 cm³/mol. The molecule has 1 heterocycles. The lowest BCUT2D eigenvalue weighted by Crippen LogP contribution is -2.54. The number of rotatable bonds is 5. The molecule has 0 atom stereocenters. The highest BCUT2D eigenvalue weighted by Crippen LogP contribution is 2.28. The van der Waals surface area contributed by atoms with Crippen LogP contribution < -0.4 is 20.1 Å². The van der Waals surface area contributed by atoms with Crippen molar-refractivity contribution >= 4 is 51.5 Å². The number of para-hydroxylation sites is 1. The lowest BCUT2D eigenvalue weighted by molar-refractivity contribution is -0.307. The van der Waals surface area contributed by atoms with E-state index in [4.69, 9.17) is 4.74 Å². The third-order valence-corrected chi connectivity index (χ3v) is 4.35. The van der Waals surface area contributed by atoms with Crippen molar-refractivity contribution < 1.29 is 29.0 Å². The molecule has 0 bridgehead atoms. The molecule has 142 valence electrons. The van der Waals surface area contributed by atoms with E-state index in [1.54, 1.807) is 36.4 Å². The Hall–Kier alpha value is -3.46. The standard InChI is InChI=1S/C19H13BrN2O6/c20-14-9-11(6-7-15(14)28-10-16(23)24)8-13-17(25)21-19(27)22(18(13)26)12-4-2-1-3-5-12/h1-9H,10H2,(H,23,24)(H,21,25,27)/p-1/b13-8-. The smallest absolute Gasteiger partial charge is 0.335 e. The molecule has 1 saturated heterocycles. The number of barbiturate groups is 1. The lowest BCUT2D eigenvalue weighted by atomic mass is 10.1. The van der Waals surface area contributed by atoms with Gasteiger partial charge in [0.05, 0.1) is 16.1 Å². The average Bonchev–Trinajstić information content (AvgIpc) is 2.65. The fraction of sp³-hybridized carbons (Fsp3) is 0.0526. The third kappa shape index (κ3) is 4.09. The summed E-state index contributed by atoms with van der Waals surface area (Å²) in [5.41, 5.74) is 0.572. The van der Waals surface area contributed by atoms with Gasteiger partial charge in [-0.15, -0.1) is 0 Å². The fourth-order valence-electron chi connectivity index (χ4n) is 2.50. The summed E-state index contributed by atoms with van der Waals surface area (Å²) in [6.45, 7) is -0.617. The molecule has 3 rings (SSSR count). The van der Waals surface area contributed by atoms with Gasteiger partial charge in [0.1, 0.15) is 17.9 Å². The van der Waals surface area contributed by atoms with E-state index in [0.29, 0.717) is 15.7 Å². The Balaban J connectivity index is 1.91. The number of anilines is 1. The topological polar surface area (TPSA) is 116 Å². The van der Waals surface area contributed by atoms with Crippen molar-refractivity contribution in [2.75, 3.05) is 11.5 Å². The van der Waals surface area contributed by atoms with Crippen LogP contribution in [0.3, 0.4) is 0 Å². The van der Waals surface area contributed by atoms with Crippen LogP contribution in [0.25, 0.3) is 6.08 Å². The molecule has 2 aromatic carbocycles. The number of urea groups is 1. The van der Waals surface area contributed by atoms with Crippen molar-refractivity contribution in [2.24, 2.45) is 0 Å². The maximum atomic E-state index is 12.7. The van der Waals surface area contributed by atoms with Crippen LogP contribution in [0.1, 0.15) is 5.56 Å². The van der Waals surface area contributed by atoms with Gasteiger partial charge in [0.25, 0.3) is 11.8 Å². The number of imide groups is 2. The fourth-order valence-corrected chi connectivity index (χ4v) is 3.01. The summed E-state index contributed by atoms with van der Waals surface area (Å²) in [4.78, 5) is 48.4. The van der Waals surface area contributed by atoms with E-state index in [9.17, 15) is 24.3 Å². The van der Waals surface area contributed by atoms with Gasteiger partial charge in [-0.05, 0) is 51.8 Å². The Labute approximate surface area is 167 Å². The monoisotopic (exact) mass is 443 g/mol. The number of amides is 4. The second kappa shape index (κ2) is 8.05.